The molecule has 0 aromatic carbocycles. The Bertz CT molecular complexity index is 569. The predicted octanol–water partition coefficient (Wildman–Crippen LogP) is 3.30. The van der Waals surface area contributed by atoms with Crippen molar-refractivity contribution >= 4 is 17.0 Å². The Hall–Kier alpha value is -1.65. The highest BCUT2D eigenvalue weighted by atomic mass is 15.2. The highest BCUT2D eigenvalue weighted by Crippen LogP contribution is 2.22. The van der Waals surface area contributed by atoms with Crippen molar-refractivity contribution in [3.05, 3.63) is 11.9 Å². The van der Waals surface area contributed by atoms with E-state index in [2.05, 4.69) is 39.3 Å². The van der Waals surface area contributed by atoms with Crippen LogP contribution in [0, 0.1) is 5.92 Å². The fourth-order valence-corrected chi connectivity index (χ4v) is 2.91. The molecule has 0 aliphatic heterocycles. The minimum atomic E-state index is 0.523. The summed E-state index contributed by atoms with van der Waals surface area (Å²) in [6.07, 6.45) is 9.29. The number of fused-ring (bicyclic) bond motifs is 1. The molecule has 0 atom stereocenters. The molecule has 2 heterocycles. The Morgan fingerprint density at radius 2 is 2.10 bits per heavy atom. The third-order valence-corrected chi connectivity index (χ3v) is 3.94. The van der Waals surface area contributed by atoms with Crippen LogP contribution in [0.3, 0.4) is 0 Å². The molecule has 20 heavy (non-hydrogen) atoms. The van der Waals surface area contributed by atoms with Crippen molar-refractivity contribution in [2.45, 2.75) is 58.4 Å². The van der Waals surface area contributed by atoms with Crippen molar-refractivity contribution in [2.75, 3.05) is 5.32 Å². The molecule has 0 spiro atoms. The molecule has 1 aliphatic carbocycles. The van der Waals surface area contributed by atoms with Crippen molar-refractivity contribution in [3.8, 4) is 0 Å². The Balaban J connectivity index is 1.77. The van der Waals surface area contributed by atoms with Gasteiger partial charge in [0, 0.05) is 17.9 Å². The highest BCUT2D eigenvalue weighted by Gasteiger charge is 2.15. The van der Waals surface area contributed by atoms with E-state index in [0.29, 0.717) is 17.9 Å². The van der Waals surface area contributed by atoms with Crippen LogP contribution in [0.5, 0.6) is 0 Å². The average molecular weight is 273 g/mol. The summed E-state index contributed by atoms with van der Waals surface area (Å²) in [5.41, 5.74) is 1.91. The van der Waals surface area contributed by atoms with Gasteiger partial charge in [-0.15, -0.1) is 0 Å². The molecule has 108 valence electrons. The maximum Gasteiger partial charge on any atom is 0.224 e. The van der Waals surface area contributed by atoms with Crippen molar-refractivity contribution in [3.63, 3.8) is 0 Å². The van der Waals surface area contributed by atoms with Gasteiger partial charge in [-0.1, -0.05) is 33.1 Å². The molecular weight excluding hydrogens is 250 g/mol. The van der Waals surface area contributed by atoms with Crippen molar-refractivity contribution < 1.29 is 0 Å². The second-order valence-corrected chi connectivity index (χ2v) is 6.21. The molecule has 2 aromatic heterocycles. The fourth-order valence-electron chi connectivity index (χ4n) is 2.91. The monoisotopic (exact) mass is 273 g/mol. The fraction of sp³-hybridized carbons (Fsp3) is 0.667. The first kappa shape index (κ1) is 13.3. The van der Waals surface area contributed by atoms with E-state index >= 15 is 0 Å². The number of rotatable bonds is 4. The SMILES string of the molecule is CC(C)Cc1[nH]nc2nc(NC3CCCCC3)ncc12. The average Bonchev–Trinajstić information content (AvgIpc) is 2.82. The van der Waals surface area contributed by atoms with E-state index in [-0.39, 0.29) is 0 Å². The second kappa shape index (κ2) is 5.77. The van der Waals surface area contributed by atoms with E-state index in [9.17, 15) is 0 Å². The van der Waals surface area contributed by atoms with Crippen LogP contribution < -0.4 is 5.32 Å². The van der Waals surface area contributed by atoms with Crippen LogP contribution in [0.15, 0.2) is 6.20 Å². The van der Waals surface area contributed by atoms with Gasteiger partial charge in [-0.25, -0.2) is 4.98 Å². The molecule has 0 unspecified atom stereocenters. The maximum absolute atomic E-state index is 4.53. The summed E-state index contributed by atoms with van der Waals surface area (Å²) in [7, 11) is 0. The lowest BCUT2D eigenvalue weighted by molar-refractivity contribution is 0.461. The lowest BCUT2D eigenvalue weighted by Crippen LogP contribution is -2.23. The molecule has 0 amide bonds. The van der Waals surface area contributed by atoms with Crippen LogP contribution in [0.2, 0.25) is 0 Å². The van der Waals surface area contributed by atoms with Crippen LogP contribution in [0.4, 0.5) is 5.95 Å². The first-order chi connectivity index (χ1) is 9.72. The Morgan fingerprint density at radius 3 is 2.85 bits per heavy atom. The lowest BCUT2D eigenvalue weighted by Gasteiger charge is -2.22. The van der Waals surface area contributed by atoms with E-state index < -0.39 is 0 Å². The molecule has 5 heteroatoms. The van der Waals surface area contributed by atoms with Gasteiger partial charge in [0.05, 0.1) is 5.39 Å². The number of H-pyrrole nitrogens is 1. The smallest absolute Gasteiger partial charge is 0.224 e. The highest BCUT2D eigenvalue weighted by molar-refractivity contribution is 5.77. The standard InChI is InChI=1S/C15H23N5/c1-10(2)8-13-12-9-16-15(18-14(12)20-19-13)17-11-6-4-3-5-7-11/h9-11H,3-8H2,1-2H3,(H2,16,17,18,19,20). The van der Waals surface area contributed by atoms with Gasteiger partial charge in [-0.2, -0.15) is 10.1 Å². The minimum Gasteiger partial charge on any atom is -0.351 e. The molecule has 1 aliphatic rings. The Labute approximate surface area is 119 Å². The van der Waals surface area contributed by atoms with Gasteiger partial charge in [0.1, 0.15) is 0 Å². The number of hydrogen-bond acceptors (Lipinski definition) is 4. The topological polar surface area (TPSA) is 66.5 Å². The Morgan fingerprint density at radius 1 is 1.30 bits per heavy atom. The molecule has 2 aromatic rings. The molecule has 5 nitrogen and oxygen atoms in total. The van der Waals surface area contributed by atoms with Gasteiger partial charge in [0.2, 0.25) is 5.95 Å². The summed E-state index contributed by atoms with van der Waals surface area (Å²) in [6, 6.07) is 0.523. The summed E-state index contributed by atoms with van der Waals surface area (Å²) >= 11 is 0. The molecule has 1 saturated carbocycles. The number of aromatic nitrogens is 4. The molecule has 3 rings (SSSR count). The number of hydrogen-bond donors (Lipinski definition) is 2. The summed E-state index contributed by atoms with van der Waals surface area (Å²) < 4.78 is 0. The first-order valence-corrected chi connectivity index (χ1v) is 7.69. The van der Waals surface area contributed by atoms with Gasteiger partial charge in [-0.3, -0.25) is 5.10 Å². The van der Waals surface area contributed by atoms with E-state index in [0.717, 1.165) is 23.1 Å². The predicted molar refractivity (Wildman–Crippen MR) is 80.7 cm³/mol. The van der Waals surface area contributed by atoms with Crippen molar-refractivity contribution in [1.82, 2.24) is 20.2 Å². The third kappa shape index (κ3) is 2.92. The lowest BCUT2D eigenvalue weighted by atomic mass is 9.96. The number of nitrogens with one attached hydrogen (secondary N) is 2. The van der Waals surface area contributed by atoms with Crippen LogP contribution in [0.1, 0.15) is 51.6 Å². The number of nitrogens with zero attached hydrogens (tertiary/aromatic N) is 3. The van der Waals surface area contributed by atoms with E-state index in [1.54, 1.807) is 0 Å². The van der Waals surface area contributed by atoms with Crippen molar-refractivity contribution in [2.24, 2.45) is 5.92 Å². The molecule has 2 N–H and O–H groups in total. The zero-order chi connectivity index (χ0) is 13.9. The van der Waals surface area contributed by atoms with Crippen LogP contribution in [-0.4, -0.2) is 26.2 Å². The van der Waals surface area contributed by atoms with Gasteiger partial charge >= 0.3 is 0 Å². The molecular formula is C15H23N5. The van der Waals surface area contributed by atoms with E-state index in [1.165, 1.54) is 32.1 Å². The minimum absolute atomic E-state index is 0.523. The number of aromatic amines is 1. The third-order valence-electron chi connectivity index (χ3n) is 3.94. The number of anilines is 1. The van der Waals surface area contributed by atoms with Crippen LogP contribution >= 0.6 is 0 Å². The van der Waals surface area contributed by atoms with Gasteiger partial charge in [0.15, 0.2) is 5.65 Å². The van der Waals surface area contributed by atoms with Gasteiger partial charge in [-0.05, 0) is 25.2 Å². The van der Waals surface area contributed by atoms with Gasteiger partial charge < -0.3 is 5.32 Å². The molecule has 1 fully saturated rings. The summed E-state index contributed by atoms with van der Waals surface area (Å²) in [5.74, 6) is 1.31. The quantitative estimate of drug-likeness (QED) is 0.897. The second-order valence-electron chi connectivity index (χ2n) is 6.21. The molecule has 0 bridgehead atoms. The van der Waals surface area contributed by atoms with Crippen LogP contribution in [-0.2, 0) is 6.42 Å². The van der Waals surface area contributed by atoms with E-state index in [1.807, 2.05) is 6.20 Å². The van der Waals surface area contributed by atoms with E-state index in [4.69, 9.17) is 0 Å². The summed E-state index contributed by atoms with van der Waals surface area (Å²) in [6.45, 7) is 4.40. The first-order valence-electron chi connectivity index (χ1n) is 7.69. The van der Waals surface area contributed by atoms with Crippen LogP contribution in [0.25, 0.3) is 11.0 Å². The zero-order valence-corrected chi connectivity index (χ0v) is 12.3. The van der Waals surface area contributed by atoms with Crippen molar-refractivity contribution in [1.29, 1.82) is 0 Å². The zero-order valence-electron chi connectivity index (χ0n) is 12.3. The molecule has 0 radical (unpaired) electrons. The summed E-state index contributed by atoms with van der Waals surface area (Å²) in [4.78, 5) is 8.99. The Kier molecular flexibility index (Phi) is 3.85. The summed E-state index contributed by atoms with van der Waals surface area (Å²) in [5, 5.41) is 11.9. The normalized spacial score (nSPS) is 16.9. The maximum atomic E-state index is 4.53. The molecule has 0 saturated heterocycles. The van der Waals surface area contributed by atoms with Gasteiger partial charge in [0.25, 0.3) is 0 Å². The largest absolute Gasteiger partial charge is 0.351 e.